The minimum Gasteiger partial charge on any atom is -0.338 e. The van der Waals surface area contributed by atoms with Crippen LogP contribution in [0.25, 0.3) is 0 Å². The first-order valence-corrected chi connectivity index (χ1v) is 11.7. The van der Waals surface area contributed by atoms with Gasteiger partial charge in [0.2, 0.25) is 15.9 Å². The van der Waals surface area contributed by atoms with Crippen molar-refractivity contribution in [3.8, 4) is 0 Å². The van der Waals surface area contributed by atoms with Crippen LogP contribution in [0.5, 0.6) is 0 Å². The molecule has 1 amide bonds. The molecule has 2 fully saturated rings. The molecule has 5 nitrogen and oxygen atoms in total. The topological polar surface area (TPSA) is 57.7 Å². The molecule has 2 heterocycles. The second-order valence-corrected chi connectivity index (χ2v) is 10.5. The fourth-order valence-corrected chi connectivity index (χ4v) is 5.96. The summed E-state index contributed by atoms with van der Waals surface area (Å²) in [5.41, 5.74) is 1.92. The molecule has 0 bridgehead atoms. The summed E-state index contributed by atoms with van der Waals surface area (Å²) in [6, 6.07) is 8.49. The Morgan fingerprint density at radius 3 is 2.44 bits per heavy atom. The summed E-state index contributed by atoms with van der Waals surface area (Å²) in [5.74, 6) is 0.799. The second kappa shape index (κ2) is 7.92. The molecule has 1 aromatic rings. The maximum absolute atomic E-state index is 13.3. The van der Waals surface area contributed by atoms with Crippen LogP contribution in [0.2, 0.25) is 0 Å². The number of benzene rings is 1. The average Bonchev–Trinajstić information content (AvgIpc) is 3.06. The molecule has 6 heteroatoms. The molecule has 2 aliphatic rings. The molecule has 0 aromatic heterocycles. The van der Waals surface area contributed by atoms with Crippen LogP contribution in [0, 0.1) is 5.41 Å². The number of likely N-dealkylation sites (tertiary alicyclic amines) is 1. The van der Waals surface area contributed by atoms with Crippen LogP contribution in [0.3, 0.4) is 0 Å². The predicted molar refractivity (Wildman–Crippen MR) is 108 cm³/mol. The minimum atomic E-state index is -3.24. The van der Waals surface area contributed by atoms with Gasteiger partial charge in [0.1, 0.15) is 0 Å². The smallest absolute Gasteiger partial charge is 0.230 e. The van der Waals surface area contributed by atoms with Gasteiger partial charge in [-0.05, 0) is 42.7 Å². The van der Waals surface area contributed by atoms with Crippen LogP contribution in [0.1, 0.15) is 63.5 Å². The maximum atomic E-state index is 13.3. The van der Waals surface area contributed by atoms with Gasteiger partial charge in [0, 0.05) is 26.2 Å². The first kappa shape index (κ1) is 20.3. The largest absolute Gasteiger partial charge is 0.338 e. The molecule has 150 valence electrons. The maximum Gasteiger partial charge on any atom is 0.230 e. The van der Waals surface area contributed by atoms with E-state index in [1.54, 1.807) is 4.31 Å². The van der Waals surface area contributed by atoms with E-state index in [4.69, 9.17) is 0 Å². The highest BCUT2D eigenvalue weighted by molar-refractivity contribution is 7.89. The number of rotatable bonds is 6. The Bertz CT molecular complexity index is 773. The summed E-state index contributed by atoms with van der Waals surface area (Å²) in [4.78, 5) is 15.2. The van der Waals surface area contributed by atoms with Gasteiger partial charge in [0.15, 0.2) is 0 Å². The lowest BCUT2D eigenvalue weighted by Gasteiger charge is -2.39. The van der Waals surface area contributed by atoms with E-state index in [0.717, 1.165) is 24.9 Å². The fraction of sp³-hybridized carbons (Fsp3) is 0.667. The van der Waals surface area contributed by atoms with Gasteiger partial charge in [0.25, 0.3) is 0 Å². The molecule has 1 aromatic carbocycles. The van der Waals surface area contributed by atoms with Crippen LogP contribution in [-0.2, 0) is 21.4 Å². The van der Waals surface area contributed by atoms with Crippen molar-refractivity contribution in [3.05, 3.63) is 35.4 Å². The summed E-state index contributed by atoms with van der Waals surface area (Å²) >= 11 is 0. The number of carbonyl (C=O) groups is 1. The minimum absolute atomic E-state index is 0.135. The van der Waals surface area contributed by atoms with Gasteiger partial charge in [-0.1, -0.05) is 45.0 Å². The van der Waals surface area contributed by atoms with E-state index in [1.165, 1.54) is 5.56 Å². The molecule has 1 spiro atoms. The van der Waals surface area contributed by atoms with Gasteiger partial charge in [0.05, 0.1) is 11.2 Å². The molecule has 2 aliphatic heterocycles. The Balaban J connectivity index is 1.71. The molecule has 27 heavy (non-hydrogen) atoms. The normalized spacial score (nSPS) is 24.3. The molecule has 0 aliphatic carbocycles. The molecule has 3 rings (SSSR count). The third-order valence-corrected chi connectivity index (χ3v) is 8.04. The third-order valence-electron chi connectivity index (χ3n) is 6.02. The molecule has 2 saturated heterocycles. The van der Waals surface area contributed by atoms with E-state index in [9.17, 15) is 13.2 Å². The number of sulfonamides is 1. The zero-order valence-electron chi connectivity index (χ0n) is 16.8. The second-order valence-electron chi connectivity index (χ2n) is 8.41. The summed E-state index contributed by atoms with van der Waals surface area (Å²) < 4.78 is 26.4. The quantitative estimate of drug-likeness (QED) is 0.746. The van der Waals surface area contributed by atoms with Gasteiger partial charge in [-0.15, -0.1) is 0 Å². The fourth-order valence-electron chi connectivity index (χ4n) is 4.37. The van der Waals surface area contributed by atoms with Crippen molar-refractivity contribution in [2.24, 2.45) is 5.41 Å². The van der Waals surface area contributed by atoms with Crippen molar-refractivity contribution in [1.29, 1.82) is 0 Å². The van der Waals surface area contributed by atoms with E-state index in [0.29, 0.717) is 38.4 Å². The van der Waals surface area contributed by atoms with Crippen LogP contribution in [-0.4, -0.2) is 48.9 Å². The summed E-state index contributed by atoms with van der Waals surface area (Å²) in [5, 5.41) is 0. The molecule has 1 atom stereocenters. The monoisotopic (exact) mass is 392 g/mol. The highest BCUT2D eigenvalue weighted by atomic mass is 32.2. The predicted octanol–water partition coefficient (Wildman–Crippen LogP) is 3.36. The molecular formula is C21H32N2O3S. The summed E-state index contributed by atoms with van der Waals surface area (Å²) in [6.07, 6.45) is 3.00. The highest BCUT2D eigenvalue weighted by Crippen LogP contribution is 2.41. The summed E-state index contributed by atoms with van der Waals surface area (Å²) in [7, 11) is -3.24. The lowest BCUT2D eigenvalue weighted by Crippen LogP contribution is -2.50. The molecule has 0 unspecified atom stereocenters. The van der Waals surface area contributed by atoms with Crippen LogP contribution >= 0.6 is 0 Å². The van der Waals surface area contributed by atoms with Gasteiger partial charge in [-0.25, -0.2) is 12.7 Å². The molecule has 0 radical (unpaired) electrons. The van der Waals surface area contributed by atoms with E-state index in [2.05, 4.69) is 38.1 Å². The van der Waals surface area contributed by atoms with Crippen molar-refractivity contribution in [3.63, 3.8) is 0 Å². The van der Waals surface area contributed by atoms with Gasteiger partial charge in [-0.2, -0.15) is 0 Å². The van der Waals surface area contributed by atoms with Crippen molar-refractivity contribution in [2.45, 2.75) is 58.9 Å². The van der Waals surface area contributed by atoms with E-state index in [-0.39, 0.29) is 11.7 Å². The van der Waals surface area contributed by atoms with E-state index in [1.807, 2.05) is 11.8 Å². The van der Waals surface area contributed by atoms with Crippen molar-refractivity contribution < 1.29 is 13.2 Å². The van der Waals surface area contributed by atoms with Gasteiger partial charge >= 0.3 is 0 Å². The number of hydrogen-bond acceptors (Lipinski definition) is 3. The van der Waals surface area contributed by atoms with Crippen LogP contribution in [0.4, 0.5) is 0 Å². The Kier molecular flexibility index (Phi) is 5.96. The average molecular weight is 393 g/mol. The Hall–Kier alpha value is -1.40. The van der Waals surface area contributed by atoms with Gasteiger partial charge in [-0.3, -0.25) is 4.79 Å². The molecule has 0 saturated carbocycles. The number of hydrogen-bond donors (Lipinski definition) is 0. The standard InChI is InChI=1S/C21H32N2O3S/c1-4-14-27(25,26)23-13-11-21(16-23)10-5-12-22(20(21)24)15-18-6-8-19(9-7-18)17(2)3/h6-9,17H,4-5,10-16H2,1-3H3/t21-/m0/s1. The first-order chi connectivity index (χ1) is 12.8. The lowest BCUT2D eigenvalue weighted by atomic mass is 9.78. The van der Waals surface area contributed by atoms with Crippen LogP contribution < -0.4 is 0 Å². The first-order valence-electron chi connectivity index (χ1n) is 10.1. The Morgan fingerprint density at radius 2 is 1.81 bits per heavy atom. The number of amides is 1. The zero-order valence-corrected chi connectivity index (χ0v) is 17.6. The Labute approximate surface area is 163 Å². The van der Waals surface area contributed by atoms with Gasteiger partial charge < -0.3 is 4.90 Å². The van der Waals surface area contributed by atoms with E-state index < -0.39 is 15.4 Å². The number of piperidine rings is 1. The number of nitrogens with zero attached hydrogens (tertiary/aromatic N) is 2. The zero-order chi connectivity index (χ0) is 19.7. The highest BCUT2D eigenvalue weighted by Gasteiger charge is 2.50. The van der Waals surface area contributed by atoms with E-state index >= 15 is 0 Å². The van der Waals surface area contributed by atoms with Crippen molar-refractivity contribution >= 4 is 15.9 Å². The molecule has 0 N–H and O–H groups in total. The van der Waals surface area contributed by atoms with Crippen LogP contribution in [0.15, 0.2) is 24.3 Å². The van der Waals surface area contributed by atoms with Crippen molar-refractivity contribution in [1.82, 2.24) is 9.21 Å². The Morgan fingerprint density at radius 1 is 1.11 bits per heavy atom. The van der Waals surface area contributed by atoms with Crippen molar-refractivity contribution in [2.75, 3.05) is 25.4 Å². The SMILES string of the molecule is CCCS(=O)(=O)N1CC[C@@]2(CCCN(Cc3ccc(C(C)C)cc3)C2=O)C1. The molecular weight excluding hydrogens is 360 g/mol. The summed E-state index contributed by atoms with van der Waals surface area (Å²) in [6.45, 7) is 8.43. The number of carbonyl (C=O) groups excluding carboxylic acids is 1. The third kappa shape index (κ3) is 4.21. The lowest BCUT2D eigenvalue weighted by molar-refractivity contribution is -0.146.